The van der Waals surface area contributed by atoms with Crippen LogP contribution in [0.4, 0.5) is 0 Å². The minimum atomic E-state index is -0.153. The summed E-state index contributed by atoms with van der Waals surface area (Å²) < 4.78 is 7.28. The number of nitrogens with zero attached hydrogens (tertiary/aromatic N) is 1. The molecule has 0 spiro atoms. The Morgan fingerprint density at radius 1 is 1.07 bits per heavy atom. The Labute approximate surface area is 175 Å². The van der Waals surface area contributed by atoms with E-state index < -0.39 is 0 Å². The molecule has 0 amide bonds. The lowest BCUT2D eigenvalue weighted by molar-refractivity contribution is -0.726. The second-order valence-electron chi connectivity index (χ2n) is 6.85. The van der Waals surface area contributed by atoms with Gasteiger partial charge in [0, 0.05) is 34.2 Å². The van der Waals surface area contributed by atoms with Crippen LogP contribution in [0.1, 0.15) is 30.9 Å². The van der Waals surface area contributed by atoms with E-state index in [0.29, 0.717) is 6.42 Å². The third-order valence-electron chi connectivity index (χ3n) is 5.11. The number of fused-ring (bicyclic) bond motifs is 4. The number of pyridine rings is 1. The number of aryl methyl sites for hydroxylation is 2. The van der Waals surface area contributed by atoms with Crippen LogP contribution in [-0.2, 0) is 16.3 Å². The maximum absolute atomic E-state index is 11.6. The van der Waals surface area contributed by atoms with Gasteiger partial charge in [0.1, 0.15) is 0 Å². The van der Waals surface area contributed by atoms with Crippen LogP contribution in [0.25, 0.3) is 32.6 Å². The molecular formula is C22H23IN2O2. The van der Waals surface area contributed by atoms with Crippen LogP contribution in [-0.4, -0.2) is 11.0 Å². The molecule has 27 heavy (non-hydrogen) atoms. The summed E-state index contributed by atoms with van der Waals surface area (Å²) >= 11 is 0. The van der Waals surface area contributed by atoms with Crippen LogP contribution in [0, 0.1) is 13.8 Å². The van der Waals surface area contributed by atoms with Crippen LogP contribution >= 0.6 is 0 Å². The molecule has 0 fully saturated rings. The first-order valence-corrected chi connectivity index (χ1v) is 9.08. The second-order valence-corrected chi connectivity index (χ2v) is 6.85. The van der Waals surface area contributed by atoms with E-state index in [9.17, 15) is 4.79 Å². The number of para-hydroxylation sites is 1. The van der Waals surface area contributed by atoms with Crippen molar-refractivity contribution in [2.24, 2.45) is 0 Å². The highest BCUT2D eigenvalue weighted by molar-refractivity contribution is 6.16. The lowest BCUT2D eigenvalue weighted by Gasteiger charge is -2.08. The van der Waals surface area contributed by atoms with E-state index in [4.69, 9.17) is 4.74 Å². The number of hydrogen-bond donors (Lipinski definition) is 1. The van der Waals surface area contributed by atoms with Gasteiger partial charge in [-0.25, -0.2) is 0 Å². The lowest BCUT2D eigenvalue weighted by atomic mass is 9.97. The quantitative estimate of drug-likeness (QED) is 0.278. The van der Waals surface area contributed by atoms with Crippen LogP contribution in [0.15, 0.2) is 42.7 Å². The van der Waals surface area contributed by atoms with Crippen molar-refractivity contribution in [2.75, 3.05) is 0 Å². The molecule has 2 aromatic heterocycles. The number of halogens is 1. The molecule has 4 nitrogen and oxygen atoms in total. The van der Waals surface area contributed by atoms with Crippen LogP contribution < -0.4 is 28.5 Å². The molecule has 0 radical (unpaired) electrons. The molecule has 0 saturated heterocycles. The fraction of sp³-hybridized carbons (Fsp3) is 0.273. The molecule has 0 bridgehead atoms. The highest BCUT2D eigenvalue weighted by atomic mass is 127. The van der Waals surface area contributed by atoms with Gasteiger partial charge >= 0.3 is 5.97 Å². The van der Waals surface area contributed by atoms with Crippen molar-refractivity contribution in [1.82, 2.24) is 4.98 Å². The fourth-order valence-corrected chi connectivity index (χ4v) is 3.75. The summed E-state index contributed by atoms with van der Waals surface area (Å²) in [4.78, 5) is 15.2. The van der Waals surface area contributed by atoms with E-state index in [1.54, 1.807) is 0 Å². The molecule has 5 heteroatoms. The van der Waals surface area contributed by atoms with Gasteiger partial charge in [-0.2, -0.15) is 4.57 Å². The lowest BCUT2D eigenvalue weighted by Crippen LogP contribution is -3.00. The number of rotatable bonds is 4. The smallest absolute Gasteiger partial charge is 0.310 e. The van der Waals surface area contributed by atoms with E-state index >= 15 is 0 Å². The maximum Gasteiger partial charge on any atom is 0.310 e. The van der Waals surface area contributed by atoms with E-state index in [1.807, 2.05) is 17.7 Å². The minimum Gasteiger partial charge on any atom is -1.00 e. The molecule has 140 valence electrons. The van der Waals surface area contributed by atoms with Crippen molar-refractivity contribution in [3.8, 4) is 0 Å². The molecule has 0 saturated carbocycles. The van der Waals surface area contributed by atoms with E-state index in [1.165, 1.54) is 38.2 Å². The summed E-state index contributed by atoms with van der Waals surface area (Å²) in [5, 5.41) is 4.92. The van der Waals surface area contributed by atoms with E-state index in [-0.39, 0.29) is 36.7 Å². The van der Waals surface area contributed by atoms with Crippen LogP contribution in [0.2, 0.25) is 0 Å². The maximum atomic E-state index is 11.6. The van der Waals surface area contributed by atoms with Gasteiger partial charge in [0.25, 0.3) is 6.73 Å². The van der Waals surface area contributed by atoms with Gasteiger partial charge in [-0.3, -0.25) is 4.79 Å². The monoisotopic (exact) mass is 474 g/mol. The first-order chi connectivity index (χ1) is 12.6. The minimum absolute atomic E-state index is 0. The molecule has 0 aliphatic heterocycles. The number of benzene rings is 2. The zero-order valence-corrected chi connectivity index (χ0v) is 18.0. The summed E-state index contributed by atoms with van der Waals surface area (Å²) in [5.74, 6) is -0.153. The summed E-state index contributed by atoms with van der Waals surface area (Å²) in [6.45, 7) is 6.55. The Hall–Kier alpha value is -2.15. The normalized spacial score (nSPS) is 11.1. The number of ether oxygens (including phenoxy) is 1. The number of nitrogens with one attached hydrogen (secondary N) is 1. The highest BCUT2D eigenvalue weighted by Crippen LogP contribution is 2.35. The molecule has 1 N–H and O–H groups in total. The number of hydrogen-bond acceptors (Lipinski definition) is 2. The molecule has 4 rings (SSSR count). The first-order valence-electron chi connectivity index (χ1n) is 9.08. The van der Waals surface area contributed by atoms with Gasteiger partial charge in [0.2, 0.25) is 0 Å². The molecule has 0 aliphatic carbocycles. The standard InChI is InChI=1S/C22H22N2O2.HI/c1-4-7-20(25)26-13-24-11-10-16-15(3)22-21(14(2)18(16)12-24)17-8-5-6-9-19(17)23-22;/h5-6,8-12H,4,7,13H2,1-3H3;1H. The van der Waals surface area contributed by atoms with Crippen molar-refractivity contribution in [3.63, 3.8) is 0 Å². The molecule has 0 aliphatic rings. The van der Waals surface area contributed by atoms with Crippen molar-refractivity contribution >= 4 is 38.5 Å². The largest absolute Gasteiger partial charge is 1.00 e. The van der Waals surface area contributed by atoms with Crippen molar-refractivity contribution in [1.29, 1.82) is 0 Å². The van der Waals surface area contributed by atoms with Gasteiger partial charge in [-0.1, -0.05) is 25.1 Å². The third-order valence-corrected chi connectivity index (χ3v) is 5.11. The third kappa shape index (κ3) is 3.40. The fourth-order valence-electron chi connectivity index (χ4n) is 3.75. The van der Waals surface area contributed by atoms with Crippen molar-refractivity contribution in [3.05, 3.63) is 53.9 Å². The molecule has 4 aromatic rings. The Balaban J connectivity index is 0.00000210. The highest BCUT2D eigenvalue weighted by Gasteiger charge is 2.16. The summed E-state index contributed by atoms with van der Waals surface area (Å²) in [6.07, 6.45) is 5.32. The SMILES string of the molecule is CCCC(=O)OC[n+]1ccc2c(C)c3[nH]c4ccccc4c3c(C)c2c1.[I-]. The summed E-state index contributed by atoms with van der Waals surface area (Å²) in [7, 11) is 0. The Morgan fingerprint density at radius 3 is 2.63 bits per heavy atom. The van der Waals surface area contributed by atoms with Gasteiger partial charge in [0.05, 0.1) is 5.52 Å². The number of carbonyl (C=O) groups excluding carboxylic acids is 1. The predicted octanol–water partition coefficient (Wildman–Crippen LogP) is 1.68. The van der Waals surface area contributed by atoms with Gasteiger partial charge in [0.15, 0.2) is 12.4 Å². The molecule has 0 atom stereocenters. The Bertz CT molecular complexity index is 1150. The average molecular weight is 474 g/mol. The molecule has 2 heterocycles. The van der Waals surface area contributed by atoms with Crippen LogP contribution in [0.5, 0.6) is 0 Å². The molecule has 0 unspecified atom stereocenters. The van der Waals surface area contributed by atoms with Gasteiger partial charge < -0.3 is 33.7 Å². The Morgan fingerprint density at radius 2 is 1.85 bits per heavy atom. The predicted molar refractivity (Wildman–Crippen MR) is 104 cm³/mol. The second kappa shape index (κ2) is 7.84. The number of aromatic nitrogens is 2. The number of esters is 1. The number of aromatic amines is 1. The van der Waals surface area contributed by atoms with Gasteiger partial charge in [-0.15, -0.1) is 0 Å². The Kier molecular flexibility index (Phi) is 5.69. The van der Waals surface area contributed by atoms with Crippen LogP contribution in [0.3, 0.4) is 0 Å². The summed E-state index contributed by atoms with van der Waals surface area (Å²) in [6, 6.07) is 10.5. The number of H-pyrrole nitrogens is 1. The molecular weight excluding hydrogens is 451 g/mol. The van der Waals surface area contributed by atoms with E-state index in [2.05, 4.69) is 55.4 Å². The molecule has 2 aromatic carbocycles. The summed E-state index contributed by atoms with van der Waals surface area (Å²) in [5.41, 5.74) is 4.84. The topological polar surface area (TPSA) is 46.0 Å². The van der Waals surface area contributed by atoms with Gasteiger partial charge in [-0.05, 0) is 42.8 Å². The first kappa shape index (κ1) is 19.6. The zero-order chi connectivity index (χ0) is 18.3. The van der Waals surface area contributed by atoms with Crippen molar-refractivity contribution < 1.29 is 38.1 Å². The number of carbonyl (C=O) groups is 1. The van der Waals surface area contributed by atoms with E-state index in [0.717, 1.165) is 11.9 Å². The zero-order valence-electron chi connectivity index (χ0n) is 15.8. The average Bonchev–Trinajstić information content (AvgIpc) is 3.04. The van der Waals surface area contributed by atoms with Crippen molar-refractivity contribution in [2.45, 2.75) is 40.3 Å².